The first-order valence-electron chi connectivity index (χ1n) is 7.78. The fourth-order valence-electron chi connectivity index (χ4n) is 2.34. The molecular weight excluding hydrogens is 282 g/mol. The minimum absolute atomic E-state index is 0.323. The second-order valence-electron chi connectivity index (χ2n) is 5.02. The van der Waals surface area contributed by atoms with Gasteiger partial charge in [-0.25, -0.2) is 14.5 Å². The van der Waals surface area contributed by atoms with Crippen molar-refractivity contribution in [2.45, 2.75) is 47.1 Å². The number of rotatable bonds is 7. The molecule has 2 aromatic rings. The third-order valence-electron chi connectivity index (χ3n) is 3.44. The number of carbonyl (C=O) groups excluding carboxylic acids is 1. The molecular formula is C15H23N5O2. The van der Waals surface area contributed by atoms with Gasteiger partial charge in [0.1, 0.15) is 11.1 Å². The monoisotopic (exact) mass is 305 g/mol. The molecule has 1 N–H and O–H groups in total. The molecule has 0 bridgehead atoms. The van der Waals surface area contributed by atoms with Crippen LogP contribution in [0.15, 0.2) is 0 Å². The fourth-order valence-corrected chi connectivity index (χ4v) is 2.34. The number of unbranched alkanes of at least 4 members (excludes halogenated alkanes) is 1. The van der Waals surface area contributed by atoms with Gasteiger partial charge in [0.05, 0.1) is 12.3 Å². The summed E-state index contributed by atoms with van der Waals surface area (Å²) < 4.78 is 6.87. The quantitative estimate of drug-likeness (QED) is 0.625. The molecule has 2 rings (SSSR count). The van der Waals surface area contributed by atoms with Crippen molar-refractivity contribution in [1.29, 1.82) is 0 Å². The number of nitrogens with one attached hydrogen (secondary N) is 1. The molecule has 0 spiro atoms. The van der Waals surface area contributed by atoms with Gasteiger partial charge in [0.2, 0.25) is 0 Å². The van der Waals surface area contributed by atoms with Gasteiger partial charge < -0.3 is 10.1 Å². The van der Waals surface area contributed by atoms with E-state index in [1.165, 1.54) is 0 Å². The van der Waals surface area contributed by atoms with Crippen molar-refractivity contribution in [2.24, 2.45) is 0 Å². The minimum Gasteiger partial charge on any atom is -0.462 e. The fraction of sp³-hybridized carbons (Fsp3) is 0.600. The van der Waals surface area contributed by atoms with Crippen LogP contribution in [0.4, 0.5) is 5.82 Å². The third-order valence-corrected chi connectivity index (χ3v) is 3.44. The summed E-state index contributed by atoms with van der Waals surface area (Å²) in [4.78, 5) is 16.8. The van der Waals surface area contributed by atoms with Gasteiger partial charge in [-0.3, -0.25) is 0 Å². The number of pyridine rings is 1. The smallest absolute Gasteiger partial charge is 0.342 e. The van der Waals surface area contributed by atoms with Gasteiger partial charge >= 0.3 is 5.97 Å². The van der Waals surface area contributed by atoms with Gasteiger partial charge in [0, 0.05) is 13.1 Å². The molecule has 0 aliphatic carbocycles. The average Bonchev–Trinajstić information content (AvgIpc) is 2.91. The van der Waals surface area contributed by atoms with Gasteiger partial charge in [0.25, 0.3) is 0 Å². The van der Waals surface area contributed by atoms with Crippen molar-refractivity contribution in [1.82, 2.24) is 20.0 Å². The number of fused-ring (bicyclic) bond motifs is 1. The number of anilines is 1. The predicted molar refractivity (Wildman–Crippen MR) is 85.1 cm³/mol. The Labute approximate surface area is 130 Å². The summed E-state index contributed by atoms with van der Waals surface area (Å²) in [6.45, 7) is 9.45. The number of hydrogen-bond donors (Lipinski definition) is 1. The largest absolute Gasteiger partial charge is 0.462 e. The summed E-state index contributed by atoms with van der Waals surface area (Å²) in [7, 11) is 0. The lowest BCUT2D eigenvalue weighted by atomic mass is 10.1. The van der Waals surface area contributed by atoms with Crippen LogP contribution in [-0.2, 0) is 11.3 Å². The molecule has 0 saturated heterocycles. The van der Waals surface area contributed by atoms with Gasteiger partial charge in [-0.1, -0.05) is 18.6 Å². The maximum atomic E-state index is 12.3. The molecule has 7 heteroatoms. The molecule has 0 aromatic carbocycles. The average molecular weight is 305 g/mol. The summed E-state index contributed by atoms with van der Waals surface area (Å²) in [5.41, 5.74) is 2.38. The van der Waals surface area contributed by atoms with E-state index in [2.05, 4.69) is 27.5 Å². The van der Waals surface area contributed by atoms with E-state index in [9.17, 15) is 4.79 Å². The van der Waals surface area contributed by atoms with Crippen LogP contribution in [0.25, 0.3) is 11.0 Å². The van der Waals surface area contributed by atoms with E-state index in [-0.39, 0.29) is 5.97 Å². The van der Waals surface area contributed by atoms with Gasteiger partial charge in [-0.05, 0) is 27.2 Å². The molecule has 0 aliphatic heterocycles. The Kier molecular flexibility index (Phi) is 5.30. The molecule has 2 heterocycles. The molecule has 7 nitrogen and oxygen atoms in total. The lowest BCUT2D eigenvalue weighted by molar-refractivity contribution is 0.0527. The van der Waals surface area contributed by atoms with Crippen LogP contribution < -0.4 is 5.32 Å². The number of esters is 1. The third kappa shape index (κ3) is 3.03. The highest BCUT2D eigenvalue weighted by Gasteiger charge is 2.23. The molecule has 0 amide bonds. The lowest BCUT2D eigenvalue weighted by Crippen LogP contribution is -2.13. The summed E-state index contributed by atoms with van der Waals surface area (Å²) in [5, 5.41) is 11.6. The summed E-state index contributed by atoms with van der Waals surface area (Å²) in [6, 6.07) is 0. The number of aromatic nitrogens is 4. The van der Waals surface area contributed by atoms with E-state index in [4.69, 9.17) is 4.74 Å². The van der Waals surface area contributed by atoms with Gasteiger partial charge in [-0.2, -0.15) is 0 Å². The Balaban J connectivity index is 2.56. The highest BCUT2D eigenvalue weighted by atomic mass is 16.5. The number of nitrogens with zero attached hydrogens (tertiary/aromatic N) is 4. The molecule has 0 fully saturated rings. The van der Waals surface area contributed by atoms with Crippen molar-refractivity contribution < 1.29 is 9.53 Å². The Morgan fingerprint density at radius 3 is 2.73 bits per heavy atom. The van der Waals surface area contributed by atoms with Gasteiger partial charge in [0.15, 0.2) is 11.3 Å². The number of aryl methyl sites for hydroxylation is 2. The number of ether oxygens (including phenoxy) is 1. The normalized spacial score (nSPS) is 10.9. The van der Waals surface area contributed by atoms with E-state index < -0.39 is 0 Å². The number of hydrogen-bond acceptors (Lipinski definition) is 6. The Hall–Kier alpha value is -2.18. The lowest BCUT2D eigenvalue weighted by Gasteiger charge is -2.11. The van der Waals surface area contributed by atoms with E-state index in [0.29, 0.717) is 41.3 Å². The van der Waals surface area contributed by atoms with Crippen LogP contribution in [0.5, 0.6) is 0 Å². The first kappa shape index (κ1) is 16.2. The number of carbonyl (C=O) groups is 1. The maximum absolute atomic E-state index is 12.3. The summed E-state index contributed by atoms with van der Waals surface area (Å²) in [6.07, 6.45) is 2.14. The van der Waals surface area contributed by atoms with Crippen LogP contribution in [-0.4, -0.2) is 39.1 Å². The zero-order valence-electron chi connectivity index (χ0n) is 13.6. The van der Waals surface area contributed by atoms with Crippen LogP contribution in [0.1, 0.15) is 49.7 Å². The molecule has 0 saturated carbocycles. The van der Waals surface area contributed by atoms with E-state index in [0.717, 1.165) is 19.4 Å². The van der Waals surface area contributed by atoms with Crippen molar-refractivity contribution in [3.05, 3.63) is 11.3 Å². The van der Waals surface area contributed by atoms with Crippen molar-refractivity contribution >= 4 is 22.8 Å². The molecule has 0 radical (unpaired) electrons. The Morgan fingerprint density at radius 2 is 2.09 bits per heavy atom. The predicted octanol–water partition coefficient (Wildman–Crippen LogP) is 2.54. The SMILES string of the molecule is CCCCNc1nc(C)c(C(=O)OCC)c2c1nnn2CC. The van der Waals surface area contributed by atoms with Crippen molar-refractivity contribution in [3.63, 3.8) is 0 Å². The minimum atomic E-state index is -0.380. The highest BCUT2D eigenvalue weighted by Crippen LogP contribution is 2.26. The standard InChI is InChI=1S/C15H23N5O2/c1-5-8-9-16-14-12-13(20(6-2)19-18-12)11(10(4)17-14)15(21)22-7-3/h5-9H2,1-4H3,(H,16,17). The summed E-state index contributed by atoms with van der Waals surface area (Å²) in [5.74, 6) is 0.295. The highest BCUT2D eigenvalue weighted by molar-refractivity contribution is 6.05. The van der Waals surface area contributed by atoms with Crippen LogP contribution in [0.3, 0.4) is 0 Å². The molecule has 120 valence electrons. The molecule has 2 aromatic heterocycles. The van der Waals surface area contributed by atoms with E-state index >= 15 is 0 Å². The zero-order valence-corrected chi connectivity index (χ0v) is 13.6. The first-order valence-corrected chi connectivity index (χ1v) is 7.78. The first-order chi connectivity index (χ1) is 10.6. The Bertz CT molecular complexity index is 665. The van der Waals surface area contributed by atoms with E-state index in [1.807, 2.05) is 13.8 Å². The van der Waals surface area contributed by atoms with Crippen molar-refractivity contribution in [3.8, 4) is 0 Å². The molecule has 0 unspecified atom stereocenters. The Morgan fingerprint density at radius 1 is 1.32 bits per heavy atom. The molecule has 22 heavy (non-hydrogen) atoms. The van der Waals surface area contributed by atoms with Crippen LogP contribution in [0, 0.1) is 6.92 Å². The maximum Gasteiger partial charge on any atom is 0.342 e. The van der Waals surface area contributed by atoms with Crippen LogP contribution >= 0.6 is 0 Å². The second-order valence-corrected chi connectivity index (χ2v) is 5.02. The van der Waals surface area contributed by atoms with Gasteiger partial charge in [-0.15, -0.1) is 5.10 Å². The summed E-state index contributed by atoms with van der Waals surface area (Å²) >= 11 is 0. The molecule has 0 aliphatic rings. The zero-order chi connectivity index (χ0) is 16.1. The van der Waals surface area contributed by atoms with Crippen LogP contribution in [0.2, 0.25) is 0 Å². The van der Waals surface area contributed by atoms with Crippen molar-refractivity contribution in [2.75, 3.05) is 18.5 Å². The molecule has 0 atom stereocenters. The second kappa shape index (κ2) is 7.20. The van der Waals surface area contributed by atoms with E-state index in [1.54, 1.807) is 11.6 Å². The topological polar surface area (TPSA) is 81.9 Å².